The second-order valence-corrected chi connectivity index (χ2v) is 6.75. The van der Waals surface area contributed by atoms with Crippen LogP contribution in [0.3, 0.4) is 0 Å². The van der Waals surface area contributed by atoms with E-state index in [2.05, 4.69) is 18.5 Å². The molecule has 2 aliphatic rings. The highest BCUT2D eigenvalue weighted by atomic mass is 32.2. The Kier molecular flexibility index (Phi) is 3.88. The van der Waals surface area contributed by atoms with Gasteiger partial charge in [-0.25, -0.2) is 0 Å². The summed E-state index contributed by atoms with van der Waals surface area (Å²) >= 11 is 3.88. The van der Waals surface area contributed by atoms with Crippen LogP contribution in [-0.2, 0) is 0 Å². The van der Waals surface area contributed by atoms with Crippen molar-refractivity contribution in [1.29, 1.82) is 0 Å². The number of rotatable bonds is 4. The second kappa shape index (κ2) is 5.00. The number of aliphatic imine (C=N–C) groups is 1. The maximum Gasteiger partial charge on any atom is 0.156 e. The minimum atomic E-state index is 0.508. The fraction of sp³-hybridized carbons (Fsp3) is 0.909. The zero-order valence-corrected chi connectivity index (χ0v) is 11.2. The van der Waals surface area contributed by atoms with E-state index in [1.165, 1.54) is 36.6 Å². The van der Waals surface area contributed by atoms with E-state index < -0.39 is 0 Å². The van der Waals surface area contributed by atoms with Crippen molar-refractivity contribution in [2.24, 2.45) is 4.99 Å². The largest absolute Gasteiger partial charge is 0.362 e. The van der Waals surface area contributed by atoms with Crippen LogP contribution in [0, 0.1) is 0 Å². The molecule has 2 rings (SSSR count). The topological polar surface area (TPSA) is 24.4 Å². The minimum absolute atomic E-state index is 0.508. The first kappa shape index (κ1) is 11.6. The lowest BCUT2D eigenvalue weighted by Crippen LogP contribution is -2.37. The molecular formula is C11H20N2S2. The van der Waals surface area contributed by atoms with Crippen LogP contribution in [0.1, 0.15) is 32.6 Å². The Morgan fingerprint density at radius 3 is 3.00 bits per heavy atom. The Morgan fingerprint density at radius 2 is 2.40 bits per heavy atom. The van der Waals surface area contributed by atoms with E-state index in [1.54, 1.807) is 0 Å². The van der Waals surface area contributed by atoms with E-state index >= 15 is 0 Å². The SMILES string of the molecule is CCC1CCSC(=NCC2(SC)CC2)N1. The smallest absolute Gasteiger partial charge is 0.156 e. The lowest BCUT2D eigenvalue weighted by atomic mass is 10.2. The van der Waals surface area contributed by atoms with Crippen LogP contribution in [0.4, 0.5) is 0 Å². The normalized spacial score (nSPS) is 31.3. The molecule has 0 aromatic rings. The molecule has 86 valence electrons. The Morgan fingerprint density at radius 1 is 1.60 bits per heavy atom. The van der Waals surface area contributed by atoms with Crippen LogP contribution in [0.25, 0.3) is 0 Å². The summed E-state index contributed by atoms with van der Waals surface area (Å²) in [5, 5.41) is 4.72. The molecule has 0 radical (unpaired) electrons. The lowest BCUT2D eigenvalue weighted by molar-refractivity contribution is 0.570. The number of nitrogens with one attached hydrogen (secondary N) is 1. The van der Waals surface area contributed by atoms with Crippen LogP contribution in [0.2, 0.25) is 0 Å². The monoisotopic (exact) mass is 244 g/mol. The van der Waals surface area contributed by atoms with Gasteiger partial charge in [0.25, 0.3) is 0 Å². The quantitative estimate of drug-likeness (QED) is 0.823. The molecule has 2 nitrogen and oxygen atoms in total. The number of nitrogens with zero attached hydrogens (tertiary/aromatic N) is 1. The van der Waals surface area contributed by atoms with Gasteiger partial charge in [-0.15, -0.1) is 0 Å². The lowest BCUT2D eigenvalue weighted by Gasteiger charge is -2.24. The Hall–Kier alpha value is 0.170. The van der Waals surface area contributed by atoms with Crippen LogP contribution in [0.15, 0.2) is 4.99 Å². The first-order valence-electron chi connectivity index (χ1n) is 5.77. The van der Waals surface area contributed by atoms with Crippen molar-refractivity contribution >= 4 is 28.7 Å². The molecule has 0 aromatic carbocycles. The molecule has 1 saturated carbocycles. The molecule has 4 heteroatoms. The van der Waals surface area contributed by atoms with Gasteiger partial charge in [0.2, 0.25) is 0 Å². The molecule has 0 amide bonds. The highest BCUT2D eigenvalue weighted by Crippen LogP contribution is 2.47. The number of hydrogen-bond acceptors (Lipinski definition) is 3. The first-order valence-corrected chi connectivity index (χ1v) is 7.98. The van der Waals surface area contributed by atoms with Gasteiger partial charge < -0.3 is 5.32 Å². The van der Waals surface area contributed by atoms with Crippen molar-refractivity contribution in [3.63, 3.8) is 0 Å². The van der Waals surface area contributed by atoms with Gasteiger partial charge in [0, 0.05) is 16.5 Å². The predicted molar refractivity (Wildman–Crippen MR) is 72.1 cm³/mol. The third kappa shape index (κ3) is 3.06. The van der Waals surface area contributed by atoms with E-state index in [9.17, 15) is 0 Å². The average Bonchev–Trinajstić information content (AvgIpc) is 3.07. The van der Waals surface area contributed by atoms with E-state index in [0.29, 0.717) is 10.8 Å². The van der Waals surface area contributed by atoms with Crippen LogP contribution >= 0.6 is 23.5 Å². The van der Waals surface area contributed by atoms with Crippen molar-refractivity contribution in [3.05, 3.63) is 0 Å². The predicted octanol–water partition coefficient (Wildman–Crippen LogP) is 2.74. The molecule has 2 fully saturated rings. The standard InChI is InChI=1S/C11H20N2S2/c1-3-9-4-7-15-10(13-9)12-8-11(14-2)5-6-11/h9H,3-8H2,1-2H3,(H,12,13). The number of hydrogen-bond donors (Lipinski definition) is 1. The first-order chi connectivity index (χ1) is 7.28. The fourth-order valence-corrected chi connectivity index (χ4v) is 3.47. The molecule has 15 heavy (non-hydrogen) atoms. The molecule has 0 aromatic heterocycles. The Bertz CT molecular complexity index is 249. The molecule has 1 N–H and O–H groups in total. The fourth-order valence-electron chi connectivity index (χ4n) is 1.77. The molecule has 1 aliphatic carbocycles. The van der Waals surface area contributed by atoms with E-state index in [-0.39, 0.29) is 0 Å². The van der Waals surface area contributed by atoms with Gasteiger partial charge in [-0.05, 0) is 31.9 Å². The van der Waals surface area contributed by atoms with Crippen LogP contribution in [0.5, 0.6) is 0 Å². The molecule has 1 heterocycles. The summed E-state index contributed by atoms with van der Waals surface area (Å²) in [6, 6.07) is 0.662. The summed E-state index contributed by atoms with van der Waals surface area (Å²) in [7, 11) is 0. The van der Waals surface area contributed by atoms with Crippen LogP contribution < -0.4 is 5.32 Å². The van der Waals surface area contributed by atoms with Crippen molar-refractivity contribution in [1.82, 2.24) is 5.32 Å². The van der Waals surface area contributed by atoms with Crippen molar-refractivity contribution < 1.29 is 0 Å². The highest BCUT2D eigenvalue weighted by Gasteiger charge is 2.41. The van der Waals surface area contributed by atoms with E-state index in [0.717, 1.165) is 6.54 Å². The number of amidine groups is 1. The number of thioether (sulfide) groups is 2. The van der Waals surface area contributed by atoms with Crippen molar-refractivity contribution in [3.8, 4) is 0 Å². The van der Waals surface area contributed by atoms with E-state index in [1.807, 2.05) is 23.5 Å². The summed E-state index contributed by atoms with van der Waals surface area (Å²) in [5.41, 5.74) is 0. The third-order valence-electron chi connectivity index (χ3n) is 3.28. The van der Waals surface area contributed by atoms with Crippen molar-refractivity contribution in [2.45, 2.75) is 43.4 Å². The highest BCUT2D eigenvalue weighted by molar-refractivity contribution is 8.13. The molecule has 1 aliphatic heterocycles. The van der Waals surface area contributed by atoms with E-state index in [4.69, 9.17) is 4.99 Å². The molecule has 1 atom stereocenters. The zero-order valence-electron chi connectivity index (χ0n) is 9.58. The summed E-state index contributed by atoms with van der Waals surface area (Å²) < 4.78 is 0.508. The van der Waals surface area contributed by atoms with Crippen LogP contribution in [-0.4, -0.2) is 34.5 Å². The van der Waals surface area contributed by atoms with Gasteiger partial charge in [0.1, 0.15) is 0 Å². The summed E-state index contributed by atoms with van der Waals surface area (Å²) in [4.78, 5) is 4.73. The second-order valence-electron chi connectivity index (χ2n) is 4.40. The van der Waals surface area contributed by atoms with Gasteiger partial charge in [0.15, 0.2) is 5.17 Å². The summed E-state index contributed by atoms with van der Waals surface area (Å²) in [6.45, 7) is 3.26. The summed E-state index contributed by atoms with van der Waals surface area (Å²) in [5.74, 6) is 1.23. The van der Waals surface area contributed by atoms with Gasteiger partial charge in [-0.3, -0.25) is 4.99 Å². The Balaban J connectivity index is 1.84. The Labute approximate surface area is 101 Å². The summed E-state index contributed by atoms with van der Waals surface area (Å²) in [6.07, 6.45) is 7.42. The minimum Gasteiger partial charge on any atom is -0.362 e. The van der Waals surface area contributed by atoms with Gasteiger partial charge in [-0.1, -0.05) is 18.7 Å². The molecule has 1 unspecified atom stereocenters. The van der Waals surface area contributed by atoms with Gasteiger partial charge in [-0.2, -0.15) is 11.8 Å². The molecule has 0 spiro atoms. The molecular weight excluding hydrogens is 224 g/mol. The third-order valence-corrected chi connectivity index (χ3v) is 5.64. The molecule has 0 bridgehead atoms. The van der Waals surface area contributed by atoms with Gasteiger partial charge in [0.05, 0.1) is 6.54 Å². The zero-order chi connectivity index (χ0) is 10.7. The molecule has 1 saturated heterocycles. The maximum atomic E-state index is 4.73. The van der Waals surface area contributed by atoms with Crippen molar-refractivity contribution in [2.75, 3.05) is 18.6 Å². The van der Waals surface area contributed by atoms with Gasteiger partial charge >= 0.3 is 0 Å². The maximum absolute atomic E-state index is 4.73. The average molecular weight is 244 g/mol.